The molecule has 0 saturated heterocycles. The highest BCUT2D eigenvalue weighted by atomic mass is 79.9. The van der Waals surface area contributed by atoms with E-state index in [4.69, 9.17) is 16.6 Å². The molecule has 35 heavy (non-hydrogen) atoms. The van der Waals surface area contributed by atoms with Crippen LogP contribution in [0, 0.1) is 13.8 Å². The number of nitrogens with zero attached hydrogens (tertiary/aromatic N) is 1. The number of thiocarbonyl (C=S) groups is 1. The second-order valence-electron chi connectivity index (χ2n) is 8.23. The largest absolute Gasteiger partial charge is 0.507 e. The van der Waals surface area contributed by atoms with Crippen molar-refractivity contribution in [3.8, 4) is 17.2 Å². The summed E-state index contributed by atoms with van der Waals surface area (Å²) in [5, 5.41) is 18.1. The lowest BCUT2D eigenvalue weighted by Crippen LogP contribution is -2.34. The van der Waals surface area contributed by atoms with Crippen molar-refractivity contribution in [3.05, 3.63) is 87.9 Å². The molecule has 1 aromatic heterocycles. The Hall–Kier alpha value is -3.75. The van der Waals surface area contributed by atoms with Crippen molar-refractivity contribution in [2.45, 2.75) is 13.8 Å². The number of aryl methyl sites for hydroxylation is 2. The minimum absolute atomic E-state index is 0.0241. The molecule has 0 fully saturated rings. The Labute approximate surface area is 215 Å². The quantitative estimate of drug-likeness (QED) is 0.214. The number of aromatic nitrogens is 1. The normalized spacial score (nSPS) is 11.1. The summed E-state index contributed by atoms with van der Waals surface area (Å²) in [6.07, 6.45) is 0. The molecule has 174 valence electrons. The fourth-order valence-electron chi connectivity index (χ4n) is 4.08. The van der Waals surface area contributed by atoms with Crippen LogP contribution in [0.2, 0.25) is 0 Å². The van der Waals surface area contributed by atoms with E-state index in [0.717, 1.165) is 31.9 Å². The van der Waals surface area contributed by atoms with Crippen molar-refractivity contribution in [3.63, 3.8) is 0 Å². The van der Waals surface area contributed by atoms with Crippen LogP contribution >= 0.6 is 28.1 Å². The molecular weight excluding hydrogens is 526 g/mol. The minimum Gasteiger partial charge on any atom is -0.507 e. The zero-order valence-corrected chi connectivity index (χ0v) is 21.3. The first kappa shape index (κ1) is 23.0. The summed E-state index contributed by atoms with van der Waals surface area (Å²) < 4.78 is 6.82. The van der Waals surface area contributed by atoms with Crippen LogP contribution in [-0.2, 0) is 0 Å². The number of phenolic OH excluding ortho intramolecular Hbond substituents is 1. The van der Waals surface area contributed by atoms with Gasteiger partial charge in [0.2, 0.25) is 5.89 Å². The summed E-state index contributed by atoms with van der Waals surface area (Å²) in [7, 11) is 0. The number of halogens is 1. The lowest BCUT2D eigenvalue weighted by molar-refractivity contribution is 0.0979. The summed E-state index contributed by atoms with van der Waals surface area (Å²) in [5.74, 6) is -0.0242. The van der Waals surface area contributed by atoms with Gasteiger partial charge in [-0.25, -0.2) is 4.98 Å². The lowest BCUT2D eigenvalue weighted by atomic mass is 10.0. The third-order valence-corrected chi connectivity index (χ3v) is 6.54. The highest BCUT2D eigenvalue weighted by Gasteiger charge is 2.16. The van der Waals surface area contributed by atoms with Gasteiger partial charge in [-0.1, -0.05) is 46.3 Å². The molecule has 1 heterocycles. The van der Waals surface area contributed by atoms with Gasteiger partial charge in [-0.05, 0) is 78.3 Å². The van der Waals surface area contributed by atoms with E-state index >= 15 is 0 Å². The van der Waals surface area contributed by atoms with Crippen molar-refractivity contribution in [1.82, 2.24) is 10.3 Å². The van der Waals surface area contributed by atoms with Gasteiger partial charge in [0.1, 0.15) is 11.3 Å². The van der Waals surface area contributed by atoms with Crippen LogP contribution in [0.1, 0.15) is 21.5 Å². The van der Waals surface area contributed by atoms with Crippen molar-refractivity contribution < 1.29 is 14.3 Å². The highest BCUT2D eigenvalue weighted by Crippen LogP contribution is 2.34. The van der Waals surface area contributed by atoms with Gasteiger partial charge in [0.25, 0.3) is 5.91 Å². The first-order valence-corrected chi connectivity index (χ1v) is 12.0. The molecule has 1 amide bonds. The van der Waals surface area contributed by atoms with Crippen LogP contribution in [0.4, 0.5) is 5.69 Å². The standard InChI is InChI=1S/C27H20BrN3O3S/c1-14-11-15(2)24-22(12-14)30-26(34-24)20-10-9-16(13-23(20)32)29-27(35)31-25(33)19-7-3-6-18-17(19)5-4-8-21(18)28/h3-13,32H,1-2H3,(H2,29,31,33,35). The molecule has 3 N–H and O–H groups in total. The Balaban J connectivity index is 1.34. The topological polar surface area (TPSA) is 87.4 Å². The van der Waals surface area contributed by atoms with Crippen LogP contribution in [0.3, 0.4) is 0 Å². The van der Waals surface area contributed by atoms with Crippen molar-refractivity contribution in [1.29, 1.82) is 0 Å². The fourth-order valence-corrected chi connectivity index (χ4v) is 4.79. The Bertz CT molecular complexity index is 1640. The third kappa shape index (κ3) is 4.50. The number of nitrogens with one attached hydrogen (secondary N) is 2. The number of aromatic hydroxyl groups is 1. The molecule has 5 aromatic rings. The average molecular weight is 546 g/mol. The van der Waals surface area contributed by atoms with E-state index in [9.17, 15) is 9.90 Å². The molecule has 0 atom stereocenters. The summed E-state index contributed by atoms with van der Waals surface area (Å²) >= 11 is 8.85. The molecule has 0 aliphatic heterocycles. The molecule has 0 spiro atoms. The zero-order valence-electron chi connectivity index (χ0n) is 18.8. The number of carbonyl (C=O) groups excluding carboxylic acids is 1. The highest BCUT2D eigenvalue weighted by molar-refractivity contribution is 9.10. The molecule has 4 aromatic carbocycles. The van der Waals surface area contributed by atoms with Crippen LogP contribution in [0.25, 0.3) is 33.3 Å². The molecule has 0 aliphatic carbocycles. The number of hydrogen-bond acceptors (Lipinski definition) is 5. The van der Waals surface area contributed by atoms with Gasteiger partial charge in [-0.3, -0.25) is 10.1 Å². The summed E-state index contributed by atoms with van der Waals surface area (Å²) in [6, 6.07) is 20.1. The summed E-state index contributed by atoms with van der Waals surface area (Å²) in [6.45, 7) is 3.96. The van der Waals surface area contributed by atoms with Crippen LogP contribution in [-0.4, -0.2) is 21.1 Å². The number of carbonyl (C=O) groups is 1. The van der Waals surface area contributed by atoms with Gasteiger partial charge in [0.05, 0.1) is 5.56 Å². The molecule has 6 nitrogen and oxygen atoms in total. The fraction of sp³-hybridized carbons (Fsp3) is 0.0741. The Morgan fingerprint density at radius 3 is 2.60 bits per heavy atom. The number of anilines is 1. The van der Waals surface area contributed by atoms with Crippen LogP contribution in [0.15, 0.2) is 75.6 Å². The second-order valence-corrected chi connectivity index (χ2v) is 9.49. The van der Waals surface area contributed by atoms with Crippen molar-refractivity contribution >= 4 is 66.7 Å². The van der Waals surface area contributed by atoms with E-state index in [2.05, 4.69) is 31.5 Å². The molecule has 0 radical (unpaired) electrons. The van der Waals surface area contributed by atoms with Gasteiger partial charge >= 0.3 is 0 Å². The maximum Gasteiger partial charge on any atom is 0.258 e. The van der Waals surface area contributed by atoms with E-state index < -0.39 is 0 Å². The first-order chi connectivity index (χ1) is 16.8. The first-order valence-electron chi connectivity index (χ1n) is 10.8. The lowest BCUT2D eigenvalue weighted by Gasteiger charge is -2.12. The molecule has 0 unspecified atom stereocenters. The number of rotatable bonds is 3. The summed E-state index contributed by atoms with van der Waals surface area (Å²) in [4.78, 5) is 17.4. The number of oxazole rings is 1. The SMILES string of the molecule is Cc1cc(C)c2oc(-c3ccc(NC(=S)NC(=O)c4cccc5c(Br)cccc45)cc3O)nc2c1. The number of amides is 1. The smallest absolute Gasteiger partial charge is 0.258 e. The maximum absolute atomic E-state index is 12.9. The van der Waals surface area contributed by atoms with E-state index in [-0.39, 0.29) is 16.8 Å². The molecule has 0 bridgehead atoms. The number of hydrogen-bond donors (Lipinski definition) is 3. The Morgan fingerprint density at radius 2 is 1.80 bits per heavy atom. The maximum atomic E-state index is 12.9. The zero-order chi connectivity index (χ0) is 24.7. The van der Waals surface area contributed by atoms with E-state index in [0.29, 0.717) is 28.3 Å². The summed E-state index contributed by atoms with van der Waals surface area (Å²) in [5.41, 5.74) is 4.98. The average Bonchev–Trinajstić information content (AvgIpc) is 3.23. The van der Waals surface area contributed by atoms with Gasteiger partial charge < -0.3 is 14.8 Å². The van der Waals surface area contributed by atoms with E-state index in [1.807, 2.05) is 56.3 Å². The number of benzene rings is 4. The van der Waals surface area contributed by atoms with E-state index in [1.54, 1.807) is 18.2 Å². The molecule has 0 saturated carbocycles. The number of fused-ring (bicyclic) bond motifs is 2. The predicted molar refractivity (Wildman–Crippen MR) is 146 cm³/mol. The molecule has 8 heteroatoms. The van der Waals surface area contributed by atoms with Gasteiger partial charge in [-0.2, -0.15) is 0 Å². The second kappa shape index (κ2) is 9.13. The monoisotopic (exact) mass is 545 g/mol. The van der Waals surface area contributed by atoms with E-state index in [1.165, 1.54) is 6.07 Å². The minimum atomic E-state index is -0.329. The Kier molecular flexibility index (Phi) is 6.00. The Morgan fingerprint density at radius 1 is 1.03 bits per heavy atom. The molecular formula is C27H20BrN3O3S. The van der Waals surface area contributed by atoms with Crippen molar-refractivity contribution in [2.75, 3.05) is 5.32 Å². The molecule has 0 aliphatic rings. The van der Waals surface area contributed by atoms with Gasteiger partial charge in [0.15, 0.2) is 10.7 Å². The van der Waals surface area contributed by atoms with Gasteiger partial charge in [0, 0.05) is 21.8 Å². The molecule has 5 rings (SSSR count). The third-order valence-electron chi connectivity index (χ3n) is 5.65. The predicted octanol–water partition coefficient (Wildman–Crippen LogP) is 6.86. The van der Waals surface area contributed by atoms with Crippen LogP contribution in [0.5, 0.6) is 5.75 Å². The van der Waals surface area contributed by atoms with Gasteiger partial charge in [-0.15, -0.1) is 0 Å². The van der Waals surface area contributed by atoms with Crippen molar-refractivity contribution in [2.24, 2.45) is 0 Å². The van der Waals surface area contributed by atoms with Crippen LogP contribution < -0.4 is 10.6 Å². The number of phenols is 1.